The molecule has 0 aliphatic rings. The van der Waals surface area contributed by atoms with Crippen LogP contribution in [0.5, 0.6) is 5.75 Å². The van der Waals surface area contributed by atoms with Gasteiger partial charge in [-0.2, -0.15) is 4.68 Å². The summed E-state index contributed by atoms with van der Waals surface area (Å²) in [6, 6.07) is 17.2. The second-order valence-corrected chi connectivity index (χ2v) is 6.04. The van der Waals surface area contributed by atoms with Gasteiger partial charge in [-0.25, -0.2) is 0 Å². The third-order valence-electron chi connectivity index (χ3n) is 3.42. The van der Waals surface area contributed by atoms with E-state index in [0.29, 0.717) is 17.5 Å². The number of amides is 1. The van der Waals surface area contributed by atoms with Crippen molar-refractivity contribution >= 4 is 17.7 Å². The summed E-state index contributed by atoms with van der Waals surface area (Å²) in [7, 11) is 1.59. The number of carbonyl (C=O) groups is 1. The van der Waals surface area contributed by atoms with Gasteiger partial charge in [0.1, 0.15) is 11.4 Å². The Morgan fingerprint density at radius 2 is 1.92 bits per heavy atom. The highest BCUT2D eigenvalue weighted by Gasteiger charge is 2.14. The minimum Gasteiger partial charge on any atom is -0.494 e. The van der Waals surface area contributed by atoms with Crippen LogP contribution >= 0.6 is 11.8 Å². The van der Waals surface area contributed by atoms with Crippen molar-refractivity contribution in [3.63, 3.8) is 0 Å². The van der Waals surface area contributed by atoms with Gasteiger partial charge in [0.2, 0.25) is 11.1 Å². The molecule has 0 fully saturated rings. The van der Waals surface area contributed by atoms with Crippen molar-refractivity contribution in [1.82, 2.24) is 25.5 Å². The van der Waals surface area contributed by atoms with Crippen molar-refractivity contribution < 1.29 is 9.53 Å². The average molecular weight is 355 g/mol. The molecule has 0 aliphatic heterocycles. The van der Waals surface area contributed by atoms with Crippen LogP contribution in [-0.4, -0.2) is 39.0 Å². The van der Waals surface area contributed by atoms with Crippen molar-refractivity contribution in [3.8, 4) is 11.4 Å². The fraction of sp³-hybridized carbons (Fsp3) is 0.176. The molecule has 0 radical (unpaired) electrons. The summed E-state index contributed by atoms with van der Waals surface area (Å²) in [6.07, 6.45) is 0. The largest absolute Gasteiger partial charge is 0.494 e. The second kappa shape index (κ2) is 8.29. The molecule has 0 spiro atoms. The Hall–Kier alpha value is -2.87. The van der Waals surface area contributed by atoms with E-state index in [1.165, 1.54) is 11.8 Å². The lowest BCUT2D eigenvalue weighted by Gasteiger charge is -2.09. The summed E-state index contributed by atoms with van der Waals surface area (Å²) in [4.78, 5) is 12.0. The monoisotopic (exact) mass is 355 g/mol. The van der Waals surface area contributed by atoms with E-state index in [9.17, 15) is 4.79 Å². The summed E-state index contributed by atoms with van der Waals surface area (Å²) in [5.41, 5.74) is 1.78. The third kappa shape index (κ3) is 4.36. The van der Waals surface area contributed by atoms with E-state index in [2.05, 4.69) is 20.8 Å². The number of para-hydroxylation sites is 2. The van der Waals surface area contributed by atoms with Crippen LogP contribution in [0.25, 0.3) is 5.69 Å². The first-order chi connectivity index (χ1) is 12.3. The third-order valence-corrected chi connectivity index (χ3v) is 4.34. The number of thioether (sulfide) groups is 1. The van der Waals surface area contributed by atoms with Crippen LogP contribution in [0.3, 0.4) is 0 Å². The predicted molar refractivity (Wildman–Crippen MR) is 94.7 cm³/mol. The van der Waals surface area contributed by atoms with Crippen molar-refractivity contribution in [2.45, 2.75) is 11.7 Å². The molecule has 25 heavy (non-hydrogen) atoms. The molecule has 0 bridgehead atoms. The van der Waals surface area contributed by atoms with Gasteiger partial charge in [0.05, 0.1) is 12.9 Å². The fourth-order valence-corrected chi connectivity index (χ4v) is 2.92. The zero-order valence-electron chi connectivity index (χ0n) is 13.6. The molecule has 1 amide bonds. The Morgan fingerprint density at radius 1 is 1.16 bits per heavy atom. The number of hydrogen-bond donors (Lipinski definition) is 1. The summed E-state index contributed by atoms with van der Waals surface area (Å²) < 4.78 is 6.90. The van der Waals surface area contributed by atoms with Gasteiger partial charge in [0.15, 0.2) is 0 Å². The molecule has 1 N–H and O–H groups in total. The molecular formula is C17H17N5O2S. The van der Waals surface area contributed by atoms with E-state index in [-0.39, 0.29) is 11.7 Å². The van der Waals surface area contributed by atoms with Crippen molar-refractivity contribution in [2.24, 2.45) is 0 Å². The van der Waals surface area contributed by atoms with Crippen molar-refractivity contribution in [3.05, 3.63) is 60.2 Å². The molecule has 0 saturated heterocycles. The molecule has 0 unspecified atom stereocenters. The first-order valence-corrected chi connectivity index (χ1v) is 8.61. The molecule has 0 aliphatic carbocycles. The van der Waals surface area contributed by atoms with Gasteiger partial charge in [-0.3, -0.25) is 4.79 Å². The SMILES string of the molecule is COc1ccccc1-n1nnnc1SCC(=O)NCc1ccccc1. The minimum absolute atomic E-state index is 0.0802. The number of hydrogen-bond acceptors (Lipinski definition) is 6. The maximum absolute atomic E-state index is 12.0. The van der Waals surface area contributed by atoms with E-state index in [4.69, 9.17) is 4.74 Å². The lowest BCUT2D eigenvalue weighted by molar-refractivity contribution is -0.118. The van der Waals surface area contributed by atoms with E-state index in [1.807, 2.05) is 54.6 Å². The van der Waals surface area contributed by atoms with Crippen LogP contribution < -0.4 is 10.1 Å². The number of rotatable bonds is 7. The Labute approximate surface area is 149 Å². The fourth-order valence-electron chi connectivity index (χ4n) is 2.20. The van der Waals surface area contributed by atoms with Crippen LogP contribution in [-0.2, 0) is 11.3 Å². The Balaban J connectivity index is 1.61. The van der Waals surface area contributed by atoms with Gasteiger partial charge in [-0.05, 0) is 28.1 Å². The highest BCUT2D eigenvalue weighted by molar-refractivity contribution is 7.99. The summed E-state index contributed by atoms with van der Waals surface area (Å²) in [6.45, 7) is 0.498. The van der Waals surface area contributed by atoms with Gasteiger partial charge in [0, 0.05) is 6.54 Å². The standard InChI is InChI=1S/C17H17N5O2S/c1-24-15-10-6-5-9-14(15)22-17(19-20-21-22)25-12-16(23)18-11-13-7-3-2-4-8-13/h2-10H,11-12H2,1H3,(H,18,23). The number of benzene rings is 2. The quantitative estimate of drug-likeness (QED) is 0.654. The summed E-state index contributed by atoms with van der Waals surface area (Å²) in [5, 5.41) is 15.1. The Bertz CT molecular complexity index is 838. The van der Waals surface area contributed by atoms with Crippen LogP contribution in [0.15, 0.2) is 59.8 Å². The molecule has 8 heteroatoms. The molecule has 3 rings (SSSR count). The van der Waals surface area contributed by atoms with E-state index < -0.39 is 0 Å². The topological polar surface area (TPSA) is 81.9 Å². The molecule has 2 aromatic carbocycles. The second-order valence-electron chi connectivity index (χ2n) is 5.10. The highest BCUT2D eigenvalue weighted by atomic mass is 32.2. The lowest BCUT2D eigenvalue weighted by atomic mass is 10.2. The zero-order chi connectivity index (χ0) is 17.5. The van der Waals surface area contributed by atoms with Crippen LogP contribution in [0, 0.1) is 0 Å². The number of ether oxygens (including phenoxy) is 1. The van der Waals surface area contributed by atoms with Gasteiger partial charge in [-0.1, -0.05) is 54.2 Å². The Morgan fingerprint density at radius 3 is 2.72 bits per heavy atom. The molecule has 1 heterocycles. The number of nitrogens with one attached hydrogen (secondary N) is 1. The Kier molecular flexibility index (Phi) is 5.63. The molecule has 1 aromatic heterocycles. The molecule has 7 nitrogen and oxygen atoms in total. The molecule has 3 aromatic rings. The van der Waals surface area contributed by atoms with Crippen LogP contribution in [0.4, 0.5) is 0 Å². The zero-order valence-corrected chi connectivity index (χ0v) is 14.4. The number of nitrogens with zero attached hydrogens (tertiary/aromatic N) is 4. The van der Waals surface area contributed by atoms with Crippen LogP contribution in [0.2, 0.25) is 0 Å². The van der Waals surface area contributed by atoms with E-state index in [0.717, 1.165) is 11.3 Å². The number of methoxy groups -OCH3 is 1. The highest BCUT2D eigenvalue weighted by Crippen LogP contribution is 2.25. The normalized spacial score (nSPS) is 10.4. The number of aromatic nitrogens is 4. The average Bonchev–Trinajstić information content (AvgIpc) is 3.14. The predicted octanol–water partition coefficient (Wildman–Crippen LogP) is 2.08. The first-order valence-electron chi connectivity index (χ1n) is 7.63. The first kappa shape index (κ1) is 17.0. The molecule has 0 atom stereocenters. The minimum atomic E-state index is -0.0802. The van der Waals surface area contributed by atoms with Gasteiger partial charge < -0.3 is 10.1 Å². The van der Waals surface area contributed by atoms with E-state index in [1.54, 1.807) is 11.8 Å². The molecule has 0 saturated carbocycles. The van der Waals surface area contributed by atoms with E-state index >= 15 is 0 Å². The molecular weight excluding hydrogens is 338 g/mol. The summed E-state index contributed by atoms with van der Waals surface area (Å²) in [5.74, 6) is 0.802. The van der Waals surface area contributed by atoms with Gasteiger partial charge in [0.25, 0.3) is 0 Å². The maximum Gasteiger partial charge on any atom is 0.230 e. The number of carbonyl (C=O) groups excluding carboxylic acids is 1. The van der Waals surface area contributed by atoms with Crippen molar-refractivity contribution in [1.29, 1.82) is 0 Å². The van der Waals surface area contributed by atoms with Gasteiger partial charge >= 0.3 is 0 Å². The molecule has 128 valence electrons. The van der Waals surface area contributed by atoms with Gasteiger partial charge in [-0.15, -0.1) is 5.10 Å². The smallest absolute Gasteiger partial charge is 0.230 e. The maximum atomic E-state index is 12.0. The summed E-state index contributed by atoms with van der Waals surface area (Å²) >= 11 is 1.27. The van der Waals surface area contributed by atoms with Crippen LogP contribution in [0.1, 0.15) is 5.56 Å². The number of tetrazole rings is 1. The lowest BCUT2D eigenvalue weighted by Crippen LogP contribution is -2.24. The van der Waals surface area contributed by atoms with Crippen molar-refractivity contribution in [2.75, 3.05) is 12.9 Å².